The highest BCUT2D eigenvalue weighted by atomic mass is 31.2. The molecule has 0 aliphatic heterocycles. The predicted octanol–water partition coefficient (Wildman–Crippen LogP) is 9.85. The summed E-state index contributed by atoms with van der Waals surface area (Å²) in [6.45, 7) is 4.48. The average Bonchev–Trinajstić information content (AvgIpc) is 3.10. The van der Waals surface area contributed by atoms with Crippen LogP contribution in [0.2, 0.25) is 0 Å². The molecule has 0 radical (unpaired) electrons. The van der Waals surface area contributed by atoms with E-state index in [1.807, 2.05) is 39.4 Å². The number of nitrogens with one attached hydrogen (secondary N) is 1. The normalized spacial score (nSPS) is 14.8. The number of rotatable bonds is 37. The van der Waals surface area contributed by atoms with Crippen molar-refractivity contribution in [2.24, 2.45) is 0 Å². The Balaban J connectivity index is 4.57. The first-order valence-electron chi connectivity index (χ1n) is 20.9. The number of aliphatic hydroxyl groups excluding tert-OH is 1. The molecule has 0 aromatic heterocycles. The molecule has 53 heavy (non-hydrogen) atoms. The van der Waals surface area contributed by atoms with E-state index in [-0.39, 0.29) is 31.3 Å². The number of hydrogen-bond acceptors (Lipinski definition) is 7. The van der Waals surface area contributed by atoms with Crippen LogP contribution >= 0.6 is 7.82 Å². The van der Waals surface area contributed by atoms with E-state index in [1.54, 1.807) is 12.2 Å². The van der Waals surface area contributed by atoms with E-state index in [0.29, 0.717) is 30.3 Å². The summed E-state index contributed by atoms with van der Waals surface area (Å²) in [7, 11) is 1.22. The van der Waals surface area contributed by atoms with Crippen molar-refractivity contribution in [3.05, 3.63) is 48.6 Å². The number of allylic oxidation sites excluding steroid dienone is 8. The van der Waals surface area contributed by atoms with Gasteiger partial charge in [-0.15, -0.1) is 0 Å². The van der Waals surface area contributed by atoms with Crippen molar-refractivity contribution in [3.63, 3.8) is 0 Å². The second kappa shape index (κ2) is 34.6. The lowest BCUT2D eigenvalue weighted by molar-refractivity contribution is -0.870. The number of ketones is 1. The fourth-order valence-corrected chi connectivity index (χ4v) is 6.36. The van der Waals surface area contributed by atoms with E-state index in [2.05, 4.69) is 37.4 Å². The number of unbranched alkanes of at least 4 members (excludes halogenated alkanes) is 15. The highest BCUT2D eigenvalue weighted by molar-refractivity contribution is 7.45. The van der Waals surface area contributed by atoms with Crippen LogP contribution in [0.5, 0.6) is 0 Å². The Morgan fingerprint density at radius 1 is 0.717 bits per heavy atom. The van der Waals surface area contributed by atoms with E-state index in [4.69, 9.17) is 9.05 Å². The highest BCUT2D eigenvalue weighted by Crippen LogP contribution is 2.38. The lowest BCUT2D eigenvalue weighted by Crippen LogP contribution is -2.46. The van der Waals surface area contributed by atoms with Gasteiger partial charge in [0.2, 0.25) is 5.91 Å². The SMILES string of the molecule is CCCCCCCCCCCCCCC[C@@H](O)[C@H](COP(=O)([O-])OCC[N+](C)(C)C)NC(=O)CCC/C=C\C/C=C\C/C=C\C=C\C(=O)CCCCC. The fourth-order valence-electron chi connectivity index (χ4n) is 5.63. The number of likely N-dealkylation sites (N-methyl/N-ethyl adjacent to an activating group) is 1. The molecule has 0 aromatic carbocycles. The fraction of sp³-hybridized carbons (Fsp3) is 0.767. The maximum atomic E-state index is 12.8. The Kier molecular flexibility index (Phi) is 33.4. The Labute approximate surface area is 325 Å². The van der Waals surface area contributed by atoms with Gasteiger partial charge in [-0.25, -0.2) is 0 Å². The van der Waals surface area contributed by atoms with Gasteiger partial charge in [0.05, 0.1) is 39.9 Å². The maximum Gasteiger partial charge on any atom is 0.268 e. The molecule has 2 N–H and O–H groups in total. The zero-order chi connectivity index (χ0) is 39.5. The van der Waals surface area contributed by atoms with Crippen molar-refractivity contribution in [3.8, 4) is 0 Å². The molecule has 0 heterocycles. The third kappa shape index (κ3) is 36.9. The number of carbonyl (C=O) groups excluding carboxylic acids is 2. The molecule has 0 saturated heterocycles. The molecule has 9 nitrogen and oxygen atoms in total. The molecular formula is C43H79N2O7P. The van der Waals surface area contributed by atoms with Gasteiger partial charge in [-0.2, -0.15) is 0 Å². The van der Waals surface area contributed by atoms with Gasteiger partial charge < -0.3 is 28.8 Å². The first-order chi connectivity index (χ1) is 25.4. The Morgan fingerprint density at radius 2 is 1.26 bits per heavy atom. The number of quaternary nitrogens is 1. The third-order valence-corrected chi connectivity index (χ3v) is 10.0. The molecule has 0 spiro atoms. The number of phosphoric acid groups is 1. The average molecular weight is 767 g/mol. The van der Waals surface area contributed by atoms with Gasteiger partial charge in [0.15, 0.2) is 5.78 Å². The largest absolute Gasteiger partial charge is 0.756 e. The summed E-state index contributed by atoms with van der Waals surface area (Å²) in [5, 5.41) is 13.8. The lowest BCUT2D eigenvalue weighted by atomic mass is 10.0. The summed E-state index contributed by atoms with van der Waals surface area (Å²) >= 11 is 0. The smallest absolute Gasteiger partial charge is 0.268 e. The molecule has 0 fully saturated rings. The first-order valence-corrected chi connectivity index (χ1v) is 22.4. The van der Waals surface area contributed by atoms with Crippen molar-refractivity contribution in [1.82, 2.24) is 5.32 Å². The van der Waals surface area contributed by atoms with Gasteiger partial charge in [0.1, 0.15) is 13.2 Å². The Hall–Kier alpha value is -1.87. The Bertz CT molecular complexity index is 1070. The summed E-state index contributed by atoms with van der Waals surface area (Å²) in [6.07, 6.45) is 38.1. The maximum absolute atomic E-state index is 12.8. The number of aliphatic hydroxyl groups is 1. The van der Waals surface area contributed by atoms with Crippen LogP contribution in [-0.4, -0.2) is 74.3 Å². The molecule has 0 rings (SSSR count). The number of phosphoric ester groups is 1. The van der Waals surface area contributed by atoms with Crippen LogP contribution in [-0.2, 0) is 23.2 Å². The second-order valence-electron chi connectivity index (χ2n) is 15.4. The van der Waals surface area contributed by atoms with Gasteiger partial charge in [-0.1, -0.05) is 153 Å². The van der Waals surface area contributed by atoms with Crippen LogP contribution in [0.4, 0.5) is 0 Å². The van der Waals surface area contributed by atoms with E-state index in [9.17, 15) is 24.2 Å². The van der Waals surface area contributed by atoms with Gasteiger partial charge in [-0.05, 0) is 44.6 Å². The van der Waals surface area contributed by atoms with E-state index in [1.165, 1.54) is 64.2 Å². The van der Waals surface area contributed by atoms with Gasteiger partial charge in [-0.3, -0.25) is 14.2 Å². The zero-order valence-electron chi connectivity index (χ0n) is 34.4. The van der Waals surface area contributed by atoms with Gasteiger partial charge >= 0.3 is 0 Å². The van der Waals surface area contributed by atoms with Crippen LogP contribution in [0.3, 0.4) is 0 Å². The van der Waals surface area contributed by atoms with Crippen molar-refractivity contribution in [1.29, 1.82) is 0 Å². The molecule has 308 valence electrons. The molecule has 0 bridgehead atoms. The molecule has 0 aliphatic rings. The second-order valence-corrected chi connectivity index (χ2v) is 16.8. The zero-order valence-corrected chi connectivity index (χ0v) is 35.3. The van der Waals surface area contributed by atoms with Gasteiger partial charge in [0.25, 0.3) is 7.82 Å². The van der Waals surface area contributed by atoms with Crippen LogP contribution in [0.25, 0.3) is 0 Å². The van der Waals surface area contributed by atoms with Crippen molar-refractivity contribution in [2.75, 3.05) is 40.9 Å². The molecule has 0 saturated carbocycles. The molecular weight excluding hydrogens is 687 g/mol. The molecule has 0 aromatic rings. The van der Waals surface area contributed by atoms with E-state index < -0.39 is 20.0 Å². The van der Waals surface area contributed by atoms with Crippen LogP contribution in [0.1, 0.15) is 162 Å². The van der Waals surface area contributed by atoms with Crippen LogP contribution in [0.15, 0.2) is 48.6 Å². The topological polar surface area (TPSA) is 125 Å². The number of hydrogen-bond donors (Lipinski definition) is 2. The van der Waals surface area contributed by atoms with Crippen molar-refractivity contribution >= 4 is 19.5 Å². The standard InChI is InChI=1S/C43H79N2O7P/c1-6-8-10-11-12-13-14-15-18-21-24-27-31-35-42(47)41(39-52-53(49,50)51-38-37-45(3,4)5)44-43(48)36-32-28-25-22-19-16-17-20-23-26-30-34-40(46)33-29-9-7-2/h16-17,22-23,25-26,30,34,41-42,47H,6-15,18-21,24,27-29,31-33,35-39H2,1-5H3,(H-,44,48,49,50)/b17-16-,25-22-,26-23-,34-30+/t41-,42+/m0/s1. The highest BCUT2D eigenvalue weighted by Gasteiger charge is 2.24. The minimum atomic E-state index is -4.59. The predicted molar refractivity (Wildman–Crippen MR) is 219 cm³/mol. The van der Waals surface area contributed by atoms with Crippen molar-refractivity contribution in [2.45, 2.75) is 174 Å². The summed E-state index contributed by atoms with van der Waals surface area (Å²) in [5.74, 6) is -0.0673. The Morgan fingerprint density at radius 3 is 1.87 bits per heavy atom. The molecule has 0 aliphatic carbocycles. The number of nitrogens with zero attached hydrogens (tertiary/aromatic N) is 1. The van der Waals surface area contributed by atoms with Gasteiger partial charge in [0, 0.05) is 12.8 Å². The number of amides is 1. The molecule has 3 atom stereocenters. The minimum absolute atomic E-state index is 0.0107. The summed E-state index contributed by atoms with van der Waals surface area (Å²) in [4.78, 5) is 37.0. The van der Waals surface area contributed by atoms with E-state index >= 15 is 0 Å². The molecule has 1 unspecified atom stereocenters. The summed E-state index contributed by atoms with van der Waals surface area (Å²) in [6, 6.07) is -0.847. The molecule has 10 heteroatoms. The monoisotopic (exact) mass is 767 g/mol. The lowest BCUT2D eigenvalue weighted by Gasteiger charge is -2.30. The summed E-state index contributed by atoms with van der Waals surface area (Å²) < 4.78 is 23.1. The first kappa shape index (κ1) is 51.1. The number of carbonyl (C=O) groups is 2. The minimum Gasteiger partial charge on any atom is -0.756 e. The summed E-state index contributed by atoms with van der Waals surface area (Å²) in [5.41, 5.74) is 0. The third-order valence-electron chi connectivity index (χ3n) is 9.05. The van der Waals surface area contributed by atoms with Crippen LogP contribution < -0.4 is 10.2 Å². The van der Waals surface area contributed by atoms with Crippen LogP contribution in [0, 0.1) is 0 Å². The quantitative estimate of drug-likeness (QED) is 0.0161. The van der Waals surface area contributed by atoms with E-state index in [0.717, 1.165) is 57.8 Å². The van der Waals surface area contributed by atoms with Crippen molar-refractivity contribution < 1.29 is 37.7 Å². The molecule has 1 amide bonds.